The quantitative estimate of drug-likeness (QED) is 0.397. The minimum atomic E-state index is 0.484. The highest BCUT2D eigenvalue weighted by atomic mass is 16.1. The molecule has 54 valence electrons. The summed E-state index contributed by atoms with van der Waals surface area (Å²) in [6.45, 7) is 2.83. The Balaban J connectivity index is 2.96. The molecule has 0 bridgehead atoms. The topological polar surface area (TPSA) is 41.1 Å². The lowest BCUT2D eigenvalue weighted by molar-refractivity contribution is -0.109. The molecule has 2 N–H and O–H groups in total. The molecule has 0 saturated carbocycles. The fourth-order valence-corrected chi connectivity index (χ4v) is 0.503. The van der Waals surface area contributed by atoms with Crippen molar-refractivity contribution in [1.29, 1.82) is 0 Å². The van der Waals surface area contributed by atoms with Crippen LogP contribution in [0.4, 0.5) is 0 Å². The van der Waals surface area contributed by atoms with Crippen LogP contribution in [-0.2, 0) is 4.79 Å². The molecular weight excluding hydrogens is 116 g/mol. The molecule has 1 amide bonds. The van der Waals surface area contributed by atoms with E-state index in [0.29, 0.717) is 6.04 Å². The summed E-state index contributed by atoms with van der Waals surface area (Å²) in [4.78, 5) is 9.74. The second-order valence-electron chi connectivity index (χ2n) is 2.05. The van der Waals surface area contributed by atoms with Crippen LogP contribution in [0.3, 0.4) is 0 Å². The number of carbonyl (C=O) groups is 1. The van der Waals surface area contributed by atoms with E-state index in [0.717, 1.165) is 19.4 Å². The van der Waals surface area contributed by atoms with Crippen molar-refractivity contribution < 1.29 is 4.79 Å². The lowest BCUT2D eigenvalue weighted by atomic mass is 10.2. The van der Waals surface area contributed by atoms with Crippen molar-refractivity contribution in [3.63, 3.8) is 0 Å². The van der Waals surface area contributed by atoms with Gasteiger partial charge in [0.1, 0.15) is 0 Å². The van der Waals surface area contributed by atoms with E-state index in [1.54, 1.807) is 0 Å². The monoisotopic (exact) mass is 130 g/mol. The van der Waals surface area contributed by atoms with Crippen LogP contribution in [0.5, 0.6) is 0 Å². The number of nitrogens with one attached hydrogen (secondary N) is 2. The smallest absolute Gasteiger partial charge is 0.207 e. The van der Waals surface area contributed by atoms with Gasteiger partial charge >= 0.3 is 0 Å². The van der Waals surface area contributed by atoms with Crippen molar-refractivity contribution in [2.24, 2.45) is 0 Å². The minimum Gasteiger partial charge on any atom is -0.359 e. The Kier molecular flexibility index (Phi) is 5.21. The molecule has 0 aromatic carbocycles. The van der Waals surface area contributed by atoms with E-state index in [4.69, 9.17) is 0 Å². The standard InChI is InChI=1S/C6H14N2O/c1-6(7-2)3-4-8-5-9/h5-7H,3-4H2,1-2H3,(H,8,9)/t6-/m1/s1. The average molecular weight is 130 g/mol. The van der Waals surface area contributed by atoms with Gasteiger partial charge in [-0.25, -0.2) is 0 Å². The zero-order chi connectivity index (χ0) is 7.11. The van der Waals surface area contributed by atoms with E-state index in [2.05, 4.69) is 17.6 Å². The van der Waals surface area contributed by atoms with Crippen LogP contribution in [0.15, 0.2) is 0 Å². The Morgan fingerprint density at radius 2 is 2.33 bits per heavy atom. The number of amides is 1. The summed E-state index contributed by atoms with van der Waals surface area (Å²) in [6.07, 6.45) is 1.71. The third-order valence-corrected chi connectivity index (χ3v) is 1.30. The fraction of sp³-hybridized carbons (Fsp3) is 0.833. The van der Waals surface area contributed by atoms with Gasteiger partial charge in [0.2, 0.25) is 6.41 Å². The van der Waals surface area contributed by atoms with E-state index in [-0.39, 0.29) is 0 Å². The maximum absolute atomic E-state index is 9.74. The molecule has 1 atom stereocenters. The molecule has 0 aliphatic rings. The van der Waals surface area contributed by atoms with Crippen molar-refractivity contribution in [1.82, 2.24) is 10.6 Å². The van der Waals surface area contributed by atoms with Gasteiger partial charge in [0, 0.05) is 12.6 Å². The molecule has 0 saturated heterocycles. The Morgan fingerprint density at radius 1 is 1.67 bits per heavy atom. The Morgan fingerprint density at radius 3 is 2.78 bits per heavy atom. The summed E-state index contributed by atoms with van der Waals surface area (Å²) in [7, 11) is 1.91. The molecule has 0 rings (SSSR count). The molecule has 0 aliphatic heterocycles. The van der Waals surface area contributed by atoms with E-state index in [9.17, 15) is 4.79 Å². The first-order chi connectivity index (χ1) is 4.31. The van der Waals surface area contributed by atoms with E-state index >= 15 is 0 Å². The molecule has 0 aromatic rings. The van der Waals surface area contributed by atoms with Gasteiger partial charge in [0.15, 0.2) is 0 Å². The molecular formula is C6H14N2O. The van der Waals surface area contributed by atoms with Crippen molar-refractivity contribution in [3.8, 4) is 0 Å². The molecule has 0 unspecified atom stereocenters. The van der Waals surface area contributed by atoms with E-state index in [1.165, 1.54) is 0 Å². The van der Waals surface area contributed by atoms with Crippen molar-refractivity contribution in [2.45, 2.75) is 19.4 Å². The molecule has 9 heavy (non-hydrogen) atoms. The number of rotatable bonds is 5. The van der Waals surface area contributed by atoms with Crippen LogP contribution in [0, 0.1) is 0 Å². The van der Waals surface area contributed by atoms with Crippen molar-refractivity contribution >= 4 is 6.41 Å². The number of carbonyl (C=O) groups excluding carboxylic acids is 1. The zero-order valence-electron chi connectivity index (χ0n) is 5.98. The summed E-state index contributed by atoms with van der Waals surface area (Å²) < 4.78 is 0. The second-order valence-corrected chi connectivity index (χ2v) is 2.05. The second kappa shape index (κ2) is 5.56. The van der Waals surface area contributed by atoms with Crippen LogP contribution in [0.1, 0.15) is 13.3 Å². The molecule has 0 aliphatic carbocycles. The number of hydrogen-bond acceptors (Lipinski definition) is 2. The Hall–Kier alpha value is -0.570. The molecule has 0 heterocycles. The summed E-state index contributed by atoms with van der Waals surface area (Å²) >= 11 is 0. The first kappa shape index (κ1) is 8.43. The van der Waals surface area contributed by atoms with Gasteiger partial charge in [-0.2, -0.15) is 0 Å². The Labute approximate surface area is 55.8 Å². The normalized spacial score (nSPS) is 12.7. The van der Waals surface area contributed by atoms with Gasteiger partial charge in [0.05, 0.1) is 0 Å². The zero-order valence-corrected chi connectivity index (χ0v) is 5.98. The Bertz CT molecular complexity index is 75.5. The van der Waals surface area contributed by atoms with Crippen LogP contribution in [0.2, 0.25) is 0 Å². The maximum atomic E-state index is 9.74. The van der Waals surface area contributed by atoms with Crippen LogP contribution < -0.4 is 10.6 Å². The molecule has 3 nitrogen and oxygen atoms in total. The molecule has 0 spiro atoms. The lowest BCUT2D eigenvalue weighted by Crippen LogP contribution is -2.26. The third kappa shape index (κ3) is 5.30. The minimum absolute atomic E-state index is 0.484. The summed E-state index contributed by atoms with van der Waals surface area (Å²) in [5.41, 5.74) is 0. The summed E-state index contributed by atoms with van der Waals surface area (Å²) in [5, 5.41) is 5.66. The van der Waals surface area contributed by atoms with Crippen LogP contribution in [0.25, 0.3) is 0 Å². The van der Waals surface area contributed by atoms with Gasteiger partial charge in [-0.05, 0) is 20.4 Å². The van der Waals surface area contributed by atoms with Gasteiger partial charge in [-0.1, -0.05) is 0 Å². The highest BCUT2D eigenvalue weighted by molar-refractivity contribution is 5.45. The van der Waals surface area contributed by atoms with Gasteiger partial charge in [-0.15, -0.1) is 0 Å². The summed E-state index contributed by atoms with van der Waals surface area (Å²) in [6, 6.07) is 0.484. The average Bonchev–Trinajstić information content (AvgIpc) is 1.89. The maximum Gasteiger partial charge on any atom is 0.207 e. The van der Waals surface area contributed by atoms with Crippen LogP contribution >= 0.6 is 0 Å². The lowest BCUT2D eigenvalue weighted by Gasteiger charge is -2.07. The largest absolute Gasteiger partial charge is 0.359 e. The highest BCUT2D eigenvalue weighted by Crippen LogP contribution is 1.84. The van der Waals surface area contributed by atoms with Gasteiger partial charge < -0.3 is 10.6 Å². The SMILES string of the molecule is CN[C@H](C)CCNC=O. The predicted octanol–water partition coefficient (Wildman–Crippen LogP) is -0.270. The summed E-state index contributed by atoms with van der Waals surface area (Å²) in [5.74, 6) is 0. The van der Waals surface area contributed by atoms with E-state index in [1.807, 2.05) is 7.05 Å². The number of hydrogen-bond donors (Lipinski definition) is 2. The molecule has 3 heteroatoms. The fourth-order valence-electron chi connectivity index (χ4n) is 0.503. The van der Waals surface area contributed by atoms with Gasteiger partial charge in [-0.3, -0.25) is 4.79 Å². The van der Waals surface area contributed by atoms with Crippen molar-refractivity contribution in [3.05, 3.63) is 0 Å². The van der Waals surface area contributed by atoms with Gasteiger partial charge in [0.25, 0.3) is 0 Å². The molecule has 0 radical (unpaired) electrons. The molecule has 0 aromatic heterocycles. The molecule has 0 fully saturated rings. The highest BCUT2D eigenvalue weighted by Gasteiger charge is 1.94. The van der Waals surface area contributed by atoms with E-state index < -0.39 is 0 Å². The predicted molar refractivity (Wildman–Crippen MR) is 37.2 cm³/mol. The van der Waals surface area contributed by atoms with Crippen molar-refractivity contribution in [2.75, 3.05) is 13.6 Å². The van der Waals surface area contributed by atoms with Crippen LogP contribution in [-0.4, -0.2) is 26.0 Å². The first-order valence-electron chi connectivity index (χ1n) is 3.15. The third-order valence-electron chi connectivity index (χ3n) is 1.30. The first-order valence-corrected chi connectivity index (χ1v) is 3.15.